The zero-order chi connectivity index (χ0) is 12.9. The minimum atomic E-state index is 0.266. The monoisotopic (exact) mass is 255 g/mol. The van der Waals surface area contributed by atoms with Crippen LogP contribution in [0.1, 0.15) is 32.3 Å². The summed E-state index contributed by atoms with van der Waals surface area (Å²) in [5.41, 5.74) is 7.06. The Morgan fingerprint density at radius 3 is 2.59 bits per heavy atom. The van der Waals surface area contributed by atoms with E-state index < -0.39 is 0 Å². The van der Waals surface area contributed by atoms with Crippen molar-refractivity contribution in [1.29, 1.82) is 0 Å². The van der Waals surface area contributed by atoms with Gasteiger partial charge in [0.15, 0.2) is 0 Å². The van der Waals surface area contributed by atoms with Crippen LogP contribution in [0.2, 0.25) is 5.02 Å². The molecule has 0 unspecified atom stereocenters. The molecule has 3 heteroatoms. The minimum absolute atomic E-state index is 0.266. The van der Waals surface area contributed by atoms with Crippen molar-refractivity contribution in [3.05, 3.63) is 28.8 Å². The lowest BCUT2D eigenvalue weighted by molar-refractivity contribution is 0.311. The second kappa shape index (κ2) is 6.27. The SMILES string of the molecule is COc1ccc(Cl)cc1CCC(C)(C)CCN. The molecule has 0 saturated carbocycles. The fourth-order valence-electron chi connectivity index (χ4n) is 1.93. The van der Waals surface area contributed by atoms with Crippen molar-refractivity contribution in [3.8, 4) is 5.75 Å². The first kappa shape index (κ1) is 14.3. The van der Waals surface area contributed by atoms with E-state index >= 15 is 0 Å². The van der Waals surface area contributed by atoms with E-state index in [-0.39, 0.29) is 5.41 Å². The van der Waals surface area contributed by atoms with Crippen LogP contribution in [-0.2, 0) is 6.42 Å². The highest BCUT2D eigenvalue weighted by molar-refractivity contribution is 6.30. The normalized spacial score (nSPS) is 11.6. The van der Waals surface area contributed by atoms with Crippen molar-refractivity contribution >= 4 is 11.6 Å². The van der Waals surface area contributed by atoms with E-state index in [1.54, 1.807) is 7.11 Å². The molecule has 0 fully saturated rings. The number of hydrogen-bond donors (Lipinski definition) is 1. The summed E-state index contributed by atoms with van der Waals surface area (Å²) in [5.74, 6) is 0.915. The van der Waals surface area contributed by atoms with Crippen molar-refractivity contribution in [3.63, 3.8) is 0 Å². The van der Waals surface area contributed by atoms with Gasteiger partial charge >= 0.3 is 0 Å². The summed E-state index contributed by atoms with van der Waals surface area (Å²) in [4.78, 5) is 0. The summed E-state index contributed by atoms with van der Waals surface area (Å²) in [6.45, 7) is 5.23. The van der Waals surface area contributed by atoms with Crippen molar-refractivity contribution in [2.75, 3.05) is 13.7 Å². The number of methoxy groups -OCH3 is 1. The highest BCUT2D eigenvalue weighted by Crippen LogP contribution is 2.30. The van der Waals surface area contributed by atoms with Gasteiger partial charge in [-0.1, -0.05) is 25.4 Å². The fourth-order valence-corrected chi connectivity index (χ4v) is 2.13. The maximum Gasteiger partial charge on any atom is 0.122 e. The standard InChI is InChI=1S/C14H22ClNO/c1-14(2,8-9-16)7-6-11-10-12(15)4-5-13(11)17-3/h4-5,10H,6-9,16H2,1-3H3. The molecular formula is C14H22ClNO. The van der Waals surface area contributed by atoms with Crippen LogP contribution in [0, 0.1) is 5.41 Å². The Morgan fingerprint density at radius 2 is 2.00 bits per heavy atom. The van der Waals surface area contributed by atoms with Crippen molar-refractivity contribution in [1.82, 2.24) is 0 Å². The smallest absolute Gasteiger partial charge is 0.122 e. The number of ether oxygens (including phenoxy) is 1. The second-order valence-corrected chi connectivity index (χ2v) is 5.60. The van der Waals surface area contributed by atoms with Gasteiger partial charge in [-0.3, -0.25) is 0 Å². The second-order valence-electron chi connectivity index (χ2n) is 5.16. The average Bonchev–Trinajstić information content (AvgIpc) is 2.27. The summed E-state index contributed by atoms with van der Waals surface area (Å²) in [6, 6.07) is 5.77. The van der Waals surface area contributed by atoms with Gasteiger partial charge in [0, 0.05) is 5.02 Å². The maximum absolute atomic E-state index is 6.01. The largest absolute Gasteiger partial charge is 0.496 e. The fraction of sp³-hybridized carbons (Fsp3) is 0.571. The number of rotatable bonds is 6. The average molecular weight is 256 g/mol. The highest BCUT2D eigenvalue weighted by Gasteiger charge is 2.17. The summed E-state index contributed by atoms with van der Waals surface area (Å²) >= 11 is 6.01. The van der Waals surface area contributed by atoms with E-state index in [1.165, 1.54) is 5.56 Å². The maximum atomic E-state index is 6.01. The van der Waals surface area contributed by atoms with Crippen LogP contribution in [-0.4, -0.2) is 13.7 Å². The molecule has 96 valence electrons. The Bertz CT molecular complexity index is 363. The molecule has 0 spiro atoms. The number of halogens is 1. The first-order valence-corrected chi connectivity index (χ1v) is 6.39. The Balaban J connectivity index is 2.71. The van der Waals surface area contributed by atoms with Gasteiger partial charge in [0.05, 0.1) is 7.11 Å². The molecule has 1 aromatic carbocycles. The molecule has 0 saturated heterocycles. The quantitative estimate of drug-likeness (QED) is 0.842. The van der Waals surface area contributed by atoms with Crippen LogP contribution in [0.5, 0.6) is 5.75 Å². The Labute approximate surface area is 109 Å². The lowest BCUT2D eigenvalue weighted by Gasteiger charge is -2.24. The molecule has 2 N–H and O–H groups in total. The van der Waals surface area contributed by atoms with E-state index in [9.17, 15) is 0 Å². The van der Waals surface area contributed by atoms with Crippen LogP contribution in [0.3, 0.4) is 0 Å². The third kappa shape index (κ3) is 4.57. The van der Waals surface area contributed by atoms with Crippen LogP contribution in [0.4, 0.5) is 0 Å². The van der Waals surface area contributed by atoms with Gasteiger partial charge < -0.3 is 10.5 Å². The molecule has 0 aliphatic rings. The Morgan fingerprint density at radius 1 is 1.29 bits per heavy atom. The predicted molar refractivity (Wildman–Crippen MR) is 73.8 cm³/mol. The van der Waals surface area contributed by atoms with E-state index in [4.69, 9.17) is 22.1 Å². The molecular weight excluding hydrogens is 234 g/mol. The molecule has 1 rings (SSSR count). The third-order valence-electron chi connectivity index (χ3n) is 3.13. The minimum Gasteiger partial charge on any atom is -0.496 e. The first-order chi connectivity index (χ1) is 7.98. The van der Waals surface area contributed by atoms with E-state index in [2.05, 4.69) is 13.8 Å². The summed E-state index contributed by atoms with van der Waals surface area (Å²) in [6.07, 6.45) is 3.09. The van der Waals surface area contributed by atoms with Crippen LogP contribution < -0.4 is 10.5 Å². The number of aryl methyl sites for hydroxylation is 1. The van der Waals surface area contributed by atoms with Gasteiger partial charge in [-0.05, 0) is 55.0 Å². The molecule has 0 radical (unpaired) electrons. The molecule has 1 aromatic rings. The van der Waals surface area contributed by atoms with Gasteiger partial charge in [0.1, 0.15) is 5.75 Å². The van der Waals surface area contributed by atoms with Crippen molar-refractivity contribution in [2.24, 2.45) is 11.1 Å². The number of hydrogen-bond acceptors (Lipinski definition) is 2. The van der Waals surface area contributed by atoms with E-state index in [0.29, 0.717) is 0 Å². The molecule has 2 nitrogen and oxygen atoms in total. The molecule has 0 heterocycles. The van der Waals surface area contributed by atoms with Gasteiger partial charge in [0.2, 0.25) is 0 Å². The first-order valence-electron chi connectivity index (χ1n) is 6.01. The van der Waals surface area contributed by atoms with E-state index in [1.807, 2.05) is 18.2 Å². The zero-order valence-electron chi connectivity index (χ0n) is 10.9. The molecule has 17 heavy (non-hydrogen) atoms. The Hall–Kier alpha value is -0.730. The molecule has 0 atom stereocenters. The summed E-state index contributed by atoms with van der Waals surface area (Å²) in [5, 5.41) is 0.762. The lowest BCUT2D eigenvalue weighted by Crippen LogP contribution is -2.18. The number of benzene rings is 1. The van der Waals surface area contributed by atoms with Crippen LogP contribution in [0.25, 0.3) is 0 Å². The summed E-state index contributed by atoms with van der Waals surface area (Å²) < 4.78 is 5.34. The van der Waals surface area contributed by atoms with Gasteiger partial charge in [-0.15, -0.1) is 0 Å². The van der Waals surface area contributed by atoms with Crippen LogP contribution >= 0.6 is 11.6 Å². The van der Waals surface area contributed by atoms with E-state index in [0.717, 1.165) is 36.6 Å². The van der Waals surface area contributed by atoms with Gasteiger partial charge in [0.25, 0.3) is 0 Å². The highest BCUT2D eigenvalue weighted by atomic mass is 35.5. The molecule has 0 aliphatic carbocycles. The molecule has 0 aromatic heterocycles. The predicted octanol–water partition coefficient (Wildman–Crippen LogP) is 3.66. The molecule has 0 aliphatic heterocycles. The van der Waals surface area contributed by atoms with Gasteiger partial charge in [-0.2, -0.15) is 0 Å². The zero-order valence-corrected chi connectivity index (χ0v) is 11.7. The lowest BCUT2D eigenvalue weighted by atomic mass is 9.83. The topological polar surface area (TPSA) is 35.2 Å². The third-order valence-corrected chi connectivity index (χ3v) is 3.37. The molecule has 0 bridgehead atoms. The van der Waals surface area contributed by atoms with Gasteiger partial charge in [-0.25, -0.2) is 0 Å². The van der Waals surface area contributed by atoms with Crippen molar-refractivity contribution < 1.29 is 4.74 Å². The Kier molecular flexibility index (Phi) is 5.29. The number of nitrogens with two attached hydrogens (primary N) is 1. The molecule has 0 amide bonds. The van der Waals surface area contributed by atoms with Crippen molar-refractivity contribution in [2.45, 2.75) is 33.1 Å². The summed E-state index contributed by atoms with van der Waals surface area (Å²) in [7, 11) is 1.69. The van der Waals surface area contributed by atoms with Crippen LogP contribution in [0.15, 0.2) is 18.2 Å².